The van der Waals surface area contributed by atoms with Crippen LogP contribution in [0.1, 0.15) is 13.3 Å². The lowest BCUT2D eigenvalue weighted by molar-refractivity contribution is 0.565. The van der Waals surface area contributed by atoms with Crippen LogP contribution in [0.25, 0.3) is 0 Å². The van der Waals surface area contributed by atoms with Crippen molar-refractivity contribution >= 4 is 33.2 Å². The van der Waals surface area contributed by atoms with E-state index in [1.165, 1.54) is 24.3 Å². The molecule has 0 amide bonds. The number of sulfone groups is 1. The van der Waals surface area contributed by atoms with Crippen molar-refractivity contribution in [2.75, 3.05) is 5.75 Å². The van der Waals surface area contributed by atoms with Gasteiger partial charge in [-0.3, -0.25) is 0 Å². The van der Waals surface area contributed by atoms with E-state index >= 15 is 0 Å². The molecule has 0 aromatic heterocycles. The second-order valence-corrected chi connectivity index (χ2v) is 5.65. The molecule has 0 unspecified atom stereocenters. The van der Waals surface area contributed by atoms with Crippen LogP contribution in [0.5, 0.6) is 0 Å². The van der Waals surface area contributed by atoms with Crippen LogP contribution in [0.15, 0.2) is 28.1 Å². The molecule has 1 aromatic rings. The van der Waals surface area contributed by atoms with Gasteiger partial charge in [-0.1, -0.05) is 18.5 Å². The maximum Gasteiger partial charge on any atom is 0.240 e. The Balaban J connectivity index is 3.39. The largest absolute Gasteiger partial charge is 0.240 e. The Morgan fingerprint density at radius 2 is 2.12 bits per heavy atom. The molecule has 0 aliphatic heterocycles. The quantitative estimate of drug-likeness (QED) is 0.616. The zero-order valence-electron chi connectivity index (χ0n) is 8.60. The average molecular weight is 260 g/mol. The van der Waals surface area contributed by atoms with Crippen LogP contribution in [-0.4, -0.2) is 20.3 Å². The minimum absolute atomic E-state index is 0.00993. The van der Waals surface area contributed by atoms with E-state index in [2.05, 4.69) is 4.99 Å². The molecule has 0 fully saturated rings. The van der Waals surface area contributed by atoms with Gasteiger partial charge in [-0.05, 0) is 24.6 Å². The first-order chi connectivity index (χ1) is 7.51. The number of halogens is 1. The van der Waals surface area contributed by atoms with Gasteiger partial charge in [0.05, 0.1) is 16.3 Å². The lowest BCUT2D eigenvalue weighted by Gasteiger charge is -2.05. The van der Waals surface area contributed by atoms with Crippen molar-refractivity contribution in [3.63, 3.8) is 0 Å². The molecule has 1 aromatic carbocycles. The molecule has 0 N–H and O–H groups in total. The summed E-state index contributed by atoms with van der Waals surface area (Å²) >= 11 is 5.70. The number of hydrogen-bond acceptors (Lipinski definition) is 4. The molecular weight excluding hydrogens is 250 g/mol. The highest BCUT2D eigenvalue weighted by molar-refractivity contribution is 7.91. The molecule has 6 heteroatoms. The van der Waals surface area contributed by atoms with Gasteiger partial charge in [0.2, 0.25) is 6.08 Å². The molecule has 0 atom stereocenters. The van der Waals surface area contributed by atoms with Crippen molar-refractivity contribution < 1.29 is 13.2 Å². The predicted molar refractivity (Wildman–Crippen MR) is 61.6 cm³/mol. The fourth-order valence-corrected chi connectivity index (χ4v) is 2.89. The lowest BCUT2D eigenvalue weighted by Crippen LogP contribution is -2.06. The third-order valence-electron chi connectivity index (χ3n) is 1.89. The van der Waals surface area contributed by atoms with Crippen LogP contribution < -0.4 is 0 Å². The zero-order valence-corrected chi connectivity index (χ0v) is 10.2. The Hall–Kier alpha value is -1.16. The van der Waals surface area contributed by atoms with E-state index in [9.17, 15) is 13.2 Å². The molecule has 0 heterocycles. The molecule has 0 aliphatic carbocycles. The van der Waals surface area contributed by atoms with Gasteiger partial charge >= 0.3 is 0 Å². The second-order valence-electron chi connectivity index (χ2n) is 3.13. The molecule has 0 saturated heterocycles. The predicted octanol–water partition coefficient (Wildman–Crippen LogP) is 2.49. The number of isocyanates is 1. The maximum atomic E-state index is 11.8. The number of benzene rings is 1. The third-order valence-corrected chi connectivity index (χ3v) is 4.09. The summed E-state index contributed by atoms with van der Waals surface area (Å²) in [4.78, 5) is 13.6. The first-order valence-corrected chi connectivity index (χ1v) is 6.64. The van der Waals surface area contributed by atoms with Gasteiger partial charge in [-0.2, -0.15) is 4.99 Å². The lowest BCUT2D eigenvalue weighted by atomic mass is 10.3. The van der Waals surface area contributed by atoms with Crippen molar-refractivity contribution in [1.29, 1.82) is 0 Å². The normalized spacial score (nSPS) is 10.9. The monoisotopic (exact) mass is 259 g/mol. The number of rotatable bonds is 4. The average Bonchev–Trinajstić information content (AvgIpc) is 2.17. The standard InChI is InChI=1S/C10H10ClNO3S/c1-2-5-16(14,15)10-4-3-8(11)6-9(10)12-7-13/h3-4,6H,2,5H2,1H3. The van der Waals surface area contributed by atoms with Gasteiger partial charge in [0.15, 0.2) is 9.84 Å². The number of hydrogen-bond donors (Lipinski definition) is 0. The minimum atomic E-state index is -3.41. The summed E-state index contributed by atoms with van der Waals surface area (Å²) in [7, 11) is -3.41. The topological polar surface area (TPSA) is 63.6 Å². The van der Waals surface area contributed by atoms with Crippen molar-refractivity contribution in [2.45, 2.75) is 18.2 Å². The highest BCUT2D eigenvalue weighted by atomic mass is 35.5. The molecule has 0 bridgehead atoms. The van der Waals surface area contributed by atoms with E-state index in [-0.39, 0.29) is 16.3 Å². The number of carbonyl (C=O) groups excluding carboxylic acids is 1. The van der Waals surface area contributed by atoms with Crippen LogP contribution in [0, 0.1) is 0 Å². The SMILES string of the molecule is CCCS(=O)(=O)c1ccc(Cl)cc1N=C=O. The molecule has 16 heavy (non-hydrogen) atoms. The van der Waals surface area contributed by atoms with E-state index < -0.39 is 9.84 Å². The summed E-state index contributed by atoms with van der Waals surface area (Å²) in [5.74, 6) is 0.00993. The van der Waals surface area contributed by atoms with Crippen molar-refractivity contribution in [1.82, 2.24) is 0 Å². The molecule has 0 saturated carbocycles. The fourth-order valence-electron chi connectivity index (χ4n) is 1.27. The Bertz CT molecular complexity index is 533. The van der Waals surface area contributed by atoms with Crippen molar-refractivity contribution in [2.24, 2.45) is 4.99 Å². The summed E-state index contributed by atoms with van der Waals surface area (Å²) in [5, 5.41) is 0.324. The smallest absolute Gasteiger partial charge is 0.224 e. The van der Waals surface area contributed by atoms with E-state index in [1.807, 2.05) is 0 Å². The fraction of sp³-hybridized carbons (Fsp3) is 0.300. The molecule has 0 spiro atoms. The molecule has 4 nitrogen and oxygen atoms in total. The first kappa shape index (κ1) is 12.9. The number of nitrogens with zero attached hydrogens (tertiary/aromatic N) is 1. The van der Waals surface area contributed by atoms with Gasteiger partial charge in [0, 0.05) is 5.02 Å². The van der Waals surface area contributed by atoms with Crippen molar-refractivity contribution in [3.8, 4) is 0 Å². The van der Waals surface area contributed by atoms with Crippen LogP contribution in [0.4, 0.5) is 5.69 Å². The van der Waals surface area contributed by atoms with Gasteiger partial charge < -0.3 is 0 Å². The van der Waals surface area contributed by atoms with Crippen LogP contribution in [-0.2, 0) is 14.6 Å². The van der Waals surface area contributed by atoms with Gasteiger partial charge in [0.25, 0.3) is 0 Å². The molecule has 0 aliphatic rings. The minimum Gasteiger partial charge on any atom is -0.224 e. The molecule has 1 rings (SSSR count). The molecule has 86 valence electrons. The maximum absolute atomic E-state index is 11.8. The first-order valence-electron chi connectivity index (χ1n) is 4.61. The summed E-state index contributed by atoms with van der Waals surface area (Å²) in [6.07, 6.45) is 1.81. The summed E-state index contributed by atoms with van der Waals surface area (Å²) in [6.45, 7) is 1.76. The van der Waals surface area contributed by atoms with Crippen LogP contribution in [0.3, 0.4) is 0 Å². The van der Waals surface area contributed by atoms with Crippen molar-refractivity contribution in [3.05, 3.63) is 23.2 Å². The van der Waals surface area contributed by atoms with E-state index in [4.69, 9.17) is 11.6 Å². The van der Waals surface area contributed by atoms with E-state index in [0.717, 1.165) is 0 Å². The number of aliphatic imine (C=N–C) groups is 1. The molecule has 0 radical (unpaired) electrons. The summed E-state index contributed by atoms with van der Waals surface area (Å²) < 4.78 is 23.6. The Morgan fingerprint density at radius 1 is 1.44 bits per heavy atom. The Morgan fingerprint density at radius 3 is 2.69 bits per heavy atom. The van der Waals surface area contributed by atoms with Gasteiger partial charge in [-0.25, -0.2) is 13.2 Å². The third kappa shape index (κ3) is 2.92. The highest BCUT2D eigenvalue weighted by Gasteiger charge is 2.17. The van der Waals surface area contributed by atoms with Crippen LogP contribution >= 0.6 is 11.6 Å². The molecular formula is C10H10ClNO3S. The summed E-state index contributed by atoms with van der Waals surface area (Å²) in [5.41, 5.74) is 0.0379. The zero-order chi connectivity index (χ0) is 12.2. The Labute approximate surface area is 98.9 Å². The Kier molecular flexibility index (Phi) is 4.24. The van der Waals surface area contributed by atoms with Gasteiger partial charge in [-0.15, -0.1) is 0 Å². The second kappa shape index (κ2) is 5.25. The van der Waals surface area contributed by atoms with Crippen LogP contribution in [0.2, 0.25) is 5.02 Å². The van der Waals surface area contributed by atoms with E-state index in [1.54, 1.807) is 6.92 Å². The highest BCUT2D eigenvalue weighted by Crippen LogP contribution is 2.28. The van der Waals surface area contributed by atoms with E-state index in [0.29, 0.717) is 11.4 Å². The summed E-state index contributed by atoms with van der Waals surface area (Å²) in [6, 6.07) is 4.13. The van der Waals surface area contributed by atoms with Gasteiger partial charge in [0.1, 0.15) is 0 Å².